The monoisotopic (exact) mass is 317 g/mol. The van der Waals surface area contributed by atoms with Crippen LogP contribution in [0.5, 0.6) is 0 Å². The largest absolute Gasteiger partial charge is 0.308 e. The number of H-pyrrole nitrogens is 1. The van der Waals surface area contributed by atoms with Crippen LogP contribution in [0.15, 0.2) is 65.5 Å². The minimum absolute atomic E-state index is 0.259. The average Bonchev–Trinajstić information content (AvgIpc) is 3.00. The van der Waals surface area contributed by atoms with Gasteiger partial charge in [0.15, 0.2) is 11.2 Å². The fourth-order valence-electron chi connectivity index (χ4n) is 2.65. The summed E-state index contributed by atoms with van der Waals surface area (Å²) < 4.78 is 1.66. The summed E-state index contributed by atoms with van der Waals surface area (Å²) >= 11 is 0. The first kappa shape index (κ1) is 14.3. The highest BCUT2D eigenvalue weighted by atomic mass is 16.1. The molecule has 0 aliphatic carbocycles. The molecule has 2 aromatic heterocycles. The highest BCUT2D eigenvalue weighted by molar-refractivity contribution is 5.68. The van der Waals surface area contributed by atoms with Crippen molar-refractivity contribution in [3.05, 3.63) is 88.0 Å². The molecule has 0 saturated carbocycles. The molecule has 6 nitrogen and oxygen atoms in total. The van der Waals surface area contributed by atoms with Gasteiger partial charge >= 0.3 is 0 Å². The average molecular weight is 317 g/mol. The van der Waals surface area contributed by atoms with E-state index in [9.17, 15) is 4.79 Å². The Morgan fingerprint density at radius 2 is 1.58 bits per heavy atom. The predicted molar refractivity (Wildman–Crippen MR) is 90.7 cm³/mol. The lowest BCUT2D eigenvalue weighted by molar-refractivity contribution is 0.663. The molecule has 0 fully saturated rings. The van der Waals surface area contributed by atoms with Gasteiger partial charge in [-0.15, -0.1) is 5.10 Å². The van der Waals surface area contributed by atoms with E-state index in [0.29, 0.717) is 24.4 Å². The fourth-order valence-corrected chi connectivity index (χ4v) is 2.65. The molecular formula is C18H15N5O. The SMILES string of the molecule is O=c1[nH]c(Cc2ccccc2)nc2c1nnn2Cc1ccccc1. The van der Waals surface area contributed by atoms with Crippen LogP contribution >= 0.6 is 0 Å². The zero-order valence-electron chi connectivity index (χ0n) is 12.9. The van der Waals surface area contributed by atoms with E-state index >= 15 is 0 Å². The Balaban J connectivity index is 1.73. The first-order valence-corrected chi connectivity index (χ1v) is 7.70. The molecular weight excluding hydrogens is 302 g/mol. The maximum Gasteiger partial charge on any atom is 0.281 e. The van der Waals surface area contributed by atoms with Crippen molar-refractivity contribution in [3.8, 4) is 0 Å². The molecule has 0 saturated heterocycles. The van der Waals surface area contributed by atoms with Gasteiger partial charge in [-0.3, -0.25) is 4.79 Å². The van der Waals surface area contributed by atoms with Crippen molar-refractivity contribution in [3.63, 3.8) is 0 Å². The summed E-state index contributed by atoms with van der Waals surface area (Å²) in [7, 11) is 0. The second-order valence-corrected chi connectivity index (χ2v) is 5.58. The molecule has 0 aliphatic heterocycles. The van der Waals surface area contributed by atoms with Gasteiger partial charge < -0.3 is 4.98 Å². The fraction of sp³-hybridized carbons (Fsp3) is 0.111. The number of aromatic nitrogens is 5. The van der Waals surface area contributed by atoms with E-state index < -0.39 is 0 Å². The van der Waals surface area contributed by atoms with Crippen molar-refractivity contribution < 1.29 is 0 Å². The van der Waals surface area contributed by atoms with Crippen LogP contribution in [0.2, 0.25) is 0 Å². The Morgan fingerprint density at radius 3 is 2.29 bits per heavy atom. The first-order chi connectivity index (χ1) is 11.8. The highest BCUT2D eigenvalue weighted by Gasteiger charge is 2.12. The zero-order chi connectivity index (χ0) is 16.4. The quantitative estimate of drug-likeness (QED) is 0.626. The third-order valence-corrected chi connectivity index (χ3v) is 3.81. The maximum absolute atomic E-state index is 12.2. The number of fused-ring (bicyclic) bond motifs is 1. The van der Waals surface area contributed by atoms with E-state index in [1.807, 2.05) is 60.7 Å². The van der Waals surface area contributed by atoms with Crippen LogP contribution in [0.25, 0.3) is 11.2 Å². The minimum atomic E-state index is -0.259. The van der Waals surface area contributed by atoms with Crippen LogP contribution < -0.4 is 5.56 Å². The van der Waals surface area contributed by atoms with Gasteiger partial charge in [-0.1, -0.05) is 65.9 Å². The first-order valence-electron chi connectivity index (χ1n) is 7.70. The van der Waals surface area contributed by atoms with Gasteiger partial charge in [0.2, 0.25) is 0 Å². The summed E-state index contributed by atoms with van der Waals surface area (Å²) in [5.74, 6) is 0.607. The molecule has 1 N–H and O–H groups in total. The Morgan fingerprint density at radius 1 is 0.917 bits per heavy atom. The molecule has 118 valence electrons. The van der Waals surface area contributed by atoms with Crippen LogP contribution in [0.1, 0.15) is 17.0 Å². The van der Waals surface area contributed by atoms with Gasteiger partial charge in [0.1, 0.15) is 5.82 Å². The van der Waals surface area contributed by atoms with Crippen molar-refractivity contribution in [1.82, 2.24) is 25.0 Å². The van der Waals surface area contributed by atoms with Crippen molar-refractivity contribution in [2.24, 2.45) is 0 Å². The van der Waals surface area contributed by atoms with Crippen molar-refractivity contribution >= 4 is 11.2 Å². The molecule has 4 rings (SSSR count). The van der Waals surface area contributed by atoms with Crippen LogP contribution in [0, 0.1) is 0 Å². The maximum atomic E-state index is 12.2. The lowest BCUT2D eigenvalue weighted by Gasteiger charge is -2.04. The lowest BCUT2D eigenvalue weighted by atomic mass is 10.1. The predicted octanol–water partition coefficient (Wildman–Crippen LogP) is 2.15. The molecule has 0 atom stereocenters. The number of hydrogen-bond donors (Lipinski definition) is 1. The zero-order valence-corrected chi connectivity index (χ0v) is 12.9. The van der Waals surface area contributed by atoms with E-state index in [1.54, 1.807) is 4.68 Å². The van der Waals surface area contributed by atoms with Crippen molar-refractivity contribution in [2.45, 2.75) is 13.0 Å². The molecule has 4 aromatic rings. The number of aromatic amines is 1. The Bertz CT molecular complexity index is 1020. The number of hydrogen-bond acceptors (Lipinski definition) is 4. The van der Waals surface area contributed by atoms with Gasteiger partial charge in [0, 0.05) is 6.42 Å². The standard InChI is InChI=1S/C18H15N5O/c24-18-16-17(19-15(20-18)11-13-7-3-1-4-8-13)23(22-21-16)12-14-9-5-2-6-10-14/h1-10H,11-12H2,(H,19,20,24). The molecule has 0 amide bonds. The topological polar surface area (TPSA) is 76.5 Å². The Kier molecular flexibility index (Phi) is 3.63. The third kappa shape index (κ3) is 2.81. The number of nitrogens with one attached hydrogen (secondary N) is 1. The van der Waals surface area contributed by atoms with Gasteiger partial charge in [0.05, 0.1) is 6.54 Å². The summed E-state index contributed by atoms with van der Waals surface area (Å²) in [6.07, 6.45) is 0.558. The van der Waals surface area contributed by atoms with Gasteiger partial charge in [-0.2, -0.15) is 0 Å². The number of benzene rings is 2. The van der Waals surface area contributed by atoms with E-state index in [1.165, 1.54) is 0 Å². The molecule has 24 heavy (non-hydrogen) atoms. The van der Waals surface area contributed by atoms with Crippen LogP contribution in [-0.2, 0) is 13.0 Å². The molecule has 2 aromatic carbocycles. The van der Waals surface area contributed by atoms with Gasteiger partial charge in [0.25, 0.3) is 5.56 Å². The Labute approximate surface area is 137 Å². The molecule has 2 heterocycles. The second-order valence-electron chi connectivity index (χ2n) is 5.58. The smallest absolute Gasteiger partial charge is 0.281 e. The normalized spacial score (nSPS) is 11.0. The van der Waals surface area contributed by atoms with Gasteiger partial charge in [-0.25, -0.2) is 9.67 Å². The van der Waals surface area contributed by atoms with E-state index in [-0.39, 0.29) is 11.1 Å². The minimum Gasteiger partial charge on any atom is -0.308 e. The van der Waals surface area contributed by atoms with Crippen LogP contribution in [0.3, 0.4) is 0 Å². The van der Waals surface area contributed by atoms with E-state index in [0.717, 1.165) is 11.1 Å². The summed E-state index contributed by atoms with van der Waals surface area (Å²) in [4.78, 5) is 19.6. The van der Waals surface area contributed by atoms with Crippen LogP contribution in [0.4, 0.5) is 0 Å². The van der Waals surface area contributed by atoms with Crippen molar-refractivity contribution in [1.29, 1.82) is 0 Å². The lowest BCUT2D eigenvalue weighted by Crippen LogP contribution is -2.13. The summed E-state index contributed by atoms with van der Waals surface area (Å²) in [5, 5.41) is 8.05. The molecule has 0 spiro atoms. The van der Waals surface area contributed by atoms with E-state index in [2.05, 4.69) is 20.3 Å². The number of rotatable bonds is 4. The van der Waals surface area contributed by atoms with Crippen molar-refractivity contribution in [2.75, 3.05) is 0 Å². The summed E-state index contributed by atoms with van der Waals surface area (Å²) in [6.45, 7) is 0.526. The molecule has 0 bridgehead atoms. The second kappa shape index (κ2) is 6.08. The molecule has 6 heteroatoms. The highest BCUT2D eigenvalue weighted by Crippen LogP contribution is 2.10. The van der Waals surface area contributed by atoms with Crippen LogP contribution in [-0.4, -0.2) is 25.0 Å². The molecule has 0 unspecified atom stereocenters. The van der Waals surface area contributed by atoms with Gasteiger partial charge in [-0.05, 0) is 11.1 Å². The Hall–Kier alpha value is -3.28. The number of nitrogens with zero attached hydrogens (tertiary/aromatic N) is 4. The molecule has 0 aliphatic rings. The molecule has 0 radical (unpaired) electrons. The third-order valence-electron chi connectivity index (χ3n) is 3.81. The van der Waals surface area contributed by atoms with E-state index in [4.69, 9.17) is 0 Å². The summed E-state index contributed by atoms with van der Waals surface area (Å²) in [6, 6.07) is 19.8. The summed E-state index contributed by atoms with van der Waals surface area (Å²) in [5.41, 5.74) is 2.68.